The van der Waals surface area contributed by atoms with E-state index in [-0.39, 0.29) is 29.9 Å². The number of halogens is 3. The highest BCUT2D eigenvalue weighted by atomic mass is 127. The van der Waals surface area contributed by atoms with Gasteiger partial charge in [-0.05, 0) is 41.8 Å². The predicted octanol–water partition coefficient (Wildman–Crippen LogP) is 4.56. The van der Waals surface area contributed by atoms with Crippen LogP contribution in [0.1, 0.15) is 21.5 Å². The minimum atomic E-state index is 0. The molecule has 1 amide bonds. The van der Waals surface area contributed by atoms with E-state index < -0.39 is 0 Å². The molecule has 2 rings (SSSR count). The topological polar surface area (TPSA) is 47.9 Å². The molecule has 0 bridgehead atoms. The summed E-state index contributed by atoms with van der Waals surface area (Å²) in [6.45, 7) is 1.36. The summed E-state index contributed by atoms with van der Waals surface area (Å²) in [5.74, 6) is 0.790. The molecule has 0 spiro atoms. The van der Waals surface area contributed by atoms with E-state index in [9.17, 15) is 4.79 Å². The molecule has 8 heteroatoms. The van der Waals surface area contributed by atoms with Gasteiger partial charge in [-0.25, -0.2) is 0 Å². The van der Waals surface area contributed by atoms with Crippen LogP contribution in [0.3, 0.4) is 0 Å². The summed E-state index contributed by atoms with van der Waals surface area (Å²) in [6.07, 6.45) is 0.786. The van der Waals surface area contributed by atoms with Crippen molar-refractivity contribution in [2.24, 2.45) is 4.99 Å². The van der Waals surface area contributed by atoms with Crippen molar-refractivity contribution in [1.29, 1.82) is 0 Å². The van der Waals surface area contributed by atoms with Crippen LogP contribution >= 0.6 is 47.2 Å². The summed E-state index contributed by atoms with van der Waals surface area (Å²) >= 11 is 12.1. The molecule has 0 aliphatic carbocycles. The Morgan fingerprint density at radius 3 is 2.38 bits per heavy atom. The molecule has 0 aliphatic heterocycles. The SMILES string of the molecule is CN=C(NCCc1cccc(C(=O)N(C)C)c1)N(C)Cc1ccc(Cl)c(Cl)c1.I. The number of hydrogen-bond donors (Lipinski definition) is 1. The van der Waals surface area contributed by atoms with Gasteiger partial charge in [0.15, 0.2) is 5.96 Å². The standard InChI is InChI=1S/C21H26Cl2N4O.HI/c1-24-21(27(4)14-16-8-9-18(22)19(23)13-16)25-11-10-15-6-5-7-17(12-15)20(28)26(2)3;/h5-9,12-13H,10-11,14H2,1-4H3,(H,24,25);1H. The van der Waals surface area contributed by atoms with Crippen molar-refractivity contribution < 1.29 is 4.79 Å². The fraction of sp³-hybridized carbons (Fsp3) is 0.333. The van der Waals surface area contributed by atoms with Gasteiger partial charge in [-0.1, -0.05) is 41.4 Å². The van der Waals surface area contributed by atoms with E-state index in [2.05, 4.69) is 10.3 Å². The van der Waals surface area contributed by atoms with Crippen LogP contribution in [0.5, 0.6) is 0 Å². The van der Waals surface area contributed by atoms with Crippen molar-refractivity contribution in [2.75, 3.05) is 34.7 Å². The number of carbonyl (C=O) groups is 1. The predicted molar refractivity (Wildman–Crippen MR) is 133 cm³/mol. The fourth-order valence-corrected chi connectivity index (χ4v) is 3.13. The monoisotopic (exact) mass is 548 g/mol. The van der Waals surface area contributed by atoms with Crippen molar-refractivity contribution >= 4 is 59.0 Å². The molecular formula is C21H27Cl2IN4O. The molecule has 0 fully saturated rings. The number of hydrogen-bond acceptors (Lipinski definition) is 2. The molecule has 0 saturated heterocycles. The first-order valence-corrected chi connectivity index (χ1v) is 9.73. The average Bonchev–Trinajstić information content (AvgIpc) is 2.67. The minimum absolute atomic E-state index is 0. The van der Waals surface area contributed by atoms with Gasteiger partial charge < -0.3 is 15.1 Å². The van der Waals surface area contributed by atoms with Crippen molar-refractivity contribution in [3.63, 3.8) is 0 Å². The van der Waals surface area contributed by atoms with Crippen LogP contribution in [-0.2, 0) is 13.0 Å². The Morgan fingerprint density at radius 1 is 1.03 bits per heavy atom. The normalized spacial score (nSPS) is 10.9. The largest absolute Gasteiger partial charge is 0.356 e. The zero-order valence-corrected chi connectivity index (χ0v) is 20.9. The van der Waals surface area contributed by atoms with Crippen LogP contribution < -0.4 is 5.32 Å². The van der Waals surface area contributed by atoms with Crippen LogP contribution in [0.15, 0.2) is 47.5 Å². The molecule has 0 unspecified atom stereocenters. The van der Waals surface area contributed by atoms with Crippen molar-refractivity contribution in [3.8, 4) is 0 Å². The van der Waals surface area contributed by atoms with Gasteiger partial charge in [0.25, 0.3) is 5.91 Å². The first kappa shape index (κ1) is 25.5. The second kappa shape index (κ2) is 12.2. The molecule has 0 saturated carbocycles. The van der Waals surface area contributed by atoms with Crippen LogP contribution in [0.4, 0.5) is 0 Å². The van der Waals surface area contributed by atoms with Gasteiger partial charge in [-0.15, -0.1) is 24.0 Å². The summed E-state index contributed by atoms with van der Waals surface area (Å²) in [5.41, 5.74) is 2.85. The number of rotatable bonds is 6. The molecule has 29 heavy (non-hydrogen) atoms. The average molecular weight is 549 g/mol. The van der Waals surface area contributed by atoms with E-state index >= 15 is 0 Å². The molecule has 0 aliphatic rings. The first-order valence-electron chi connectivity index (χ1n) is 8.98. The number of nitrogens with one attached hydrogen (secondary N) is 1. The lowest BCUT2D eigenvalue weighted by molar-refractivity contribution is 0.0827. The second-order valence-electron chi connectivity index (χ2n) is 6.73. The lowest BCUT2D eigenvalue weighted by Crippen LogP contribution is -2.39. The molecular weight excluding hydrogens is 522 g/mol. The van der Waals surface area contributed by atoms with E-state index in [0.29, 0.717) is 28.7 Å². The van der Waals surface area contributed by atoms with Gasteiger partial charge in [0.1, 0.15) is 0 Å². The Hall–Kier alpha value is -1.51. The highest BCUT2D eigenvalue weighted by molar-refractivity contribution is 14.0. The summed E-state index contributed by atoms with van der Waals surface area (Å²) in [5, 5.41) is 4.45. The van der Waals surface area contributed by atoms with Gasteiger partial charge in [0.2, 0.25) is 0 Å². The van der Waals surface area contributed by atoms with E-state index in [4.69, 9.17) is 23.2 Å². The Morgan fingerprint density at radius 2 is 1.76 bits per heavy atom. The number of benzene rings is 2. The maximum absolute atomic E-state index is 12.1. The van der Waals surface area contributed by atoms with Crippen LogP contribution in [0, 0.1) is 0 Å². The molecule has 2 aromatic carbocycles. The lowest BCUT2D eigenvalue weighted by atomic mass is 10.1. The van der Waals surface area contributed by atoms with Crippen molar-refractivity contribution in [2.45, 2.75) is 13.0 Å². The zero-order valence-electron chi connectivity index (χ0n) is 17.1. The third kappa shape index (κ3) is 7.68. The molecule has 2 aromatic rings. The van der Waals surface area contributed by atoms with Gasteiger partial charge >= 0.3 is 0 Å². The van der Waals surface area contributed by atoms with Gasteiger partial charge in [-0.3, -0.25) is 9.79 Å². The number of aliphatic imine (C=N–C) groups is 1. The molecule has 0 aromatic heterocycles. The zero-order chi connectivity index (χ0) is 20.7. The van der Waals surface area contributed by atoms with Gasteiger partial charge in [0, 0.05) is 46.8 Å². The molecule has 0 heterocycles. The molecule has 1 N–H and O–H groups in total. The van der Waals surface area contributed by atoms with Gasteiger partial charge in [0.05, 0.1) is 10.0 Å². The Balaban J connectivity index is 0.00000420. The fourth-order valence-electron chi connectivity index (χ4n) is 2.81. The third-order valence-corrected chi connectivity index (χ3v) is 4.99. The van der Waals surface area contributed by atoms with E-state index in [1.807, 2.05) is 48.3 Å². The van der Waals surface area contributed by atoms with Gasteiger partial charge in [-0.2, -0.15) is 0 Å². The maximum Gasteiger partial charge on any atom is 0.253 e. The van der Waals surface area contributed by atoms with Crippen LogP contribution in [0.25, 0.3) is 0 Å². The smallest absolute Gasteiger partial charge is 0.253 e. The minimum Gasteiger partial charge on any atom is -0.356 e. The quantitative estimate of drug-likeness (QED) is 0.327. The highest BCUT2D eigenvalue weighted by Crippen LogP contribution is 2.23. The molecule has 5 nitrogen and oxygen atoms in total. The third-order valence-electron chi connectivity index (χ3n) is 4.25. The number of nitrogens with zero attached hydrogens (tertiary/aromatic N) is 3. The number of carbonyl (C=O) groups excluding carboxylic acids is 1. The van der Waals surface area contributed by atoms with Crippen molar-refractivity contribution in [1.82, 2.24) is 15.1 Å². The highest BCUT2D eigenvalue weighted by Gasteiger charge is 2.10. The summed E-state index contributed by atoms with van der Waals surface area (Å²) in [7, 11) is 7.23. The van der Waals surface area contributed by atoms with E-state index in [1.165, 1.54) is 0 Å². The Bertz CT molecular complexity index is 858. The number of guanidine groups is 1. The Labute approximate surface area is 200 Å². The summed E-state index contributed by atoms with van der Waals surface area (Å²) in [6, 6.07) is 13.3. The summed E-state index contributed by atoms with van der Waals surface area (Å²) < 4.78 is 0. The molecule has 0 radical (unpaired) electrons. The van der Waals surface area contributed by atoms with Crippen LogP contribution in [0.2, 0.25) is 10.0 Å². The van der Waals surface area contributed by atoms with E-state index in [0.717, 1.165) is 23.5 Å². The summed E-state index contributed by atoms with van der Waals surface area (Å²) in [4.78, 5) is 20.0. The first-order chi connectivity index (χ1) is 13.3. The lowest BCUT2D eigenvalue weighted by Gasteiger charge is -2.22. The van der Waals surface area contributed by atoms with Crippen LogP contribution in [-0.4, -0.2) is 56.4 Å². The molecule has 158 valence electrons. The van der Waals surface area contributed by atoms with E-state index in [1.54, 1.807) is 32.1 Å². The second-order valence-corrected chi connectivity index (χ2v) is 7.54. The van der Waals surface area contributed by atoms with Crippen molar-refractivity contribution in [3.05, 3.63) is 69.2 Å². The molecule has 0 atom stereocenters. The number of amides is 1. The Kier molecular flexibility index (Phi) is 10.8. The maximum atomic E-state index is 12.1.